The van der Waals surface area contributed by atoms with Gasteiger partial charge < -0.3 is 14.9 Å². The molecule has 10 heteroatoms. The maximum Gasteiger partial charge on any atom is 0.323 e. The quantitative estimate of drug-likeness (QED) is 0.474. The summed E-state index contributed by atoms with van der Waals surface area (Å²) in [5.74, 6) is -1.29. The van der Waals surface area contributed by atoms with Crippen LogP contribution in [0.15, 0.2) is 36.4 Å². The lowest BCUT2D eigenvalue weighted by molar-refractivity contribution is -0.136. The van der Waals surface area contributed by atoms with Crippen molar-refractivity contribution in [2.75, 3.05) is 11.4 Å². The fraction of sp³-hybridized carbons (Fsp3) is 0.0588. The van der Waals surface area contributed by atoms with E-state index in [0.717, 1.165) is 4.90 Å². The molecule has 2 aromatic heterocycles. The van der Waals surface area contributed by atoms with Gasteiger partial charge in [-0.3, -0.25) is 14.5 Å². The number of nitrogens with zero attached hydrogens (tertiary/aromatic N) is 3. The number of hydrogen-bond acceptors (Lipinski definition) is 6. The number of carbonyl (C=O) groups excluding carboxylic acids is 1. The van der Waals surface area contributed by atoms with Gasteiger partial charge in [0, 0.05) is 16.5 Å². The van der Waals surface area contributed by atoms with E-state index >= 15 is 0 Å². The van der Waals surface area contributed by atoms with E-state index in [0.29, 0.717) is 10.8 Å². The molecule has 8 nitrogen and oxygen atoms in total. The van der Waals surface area contributed by atoms with Crippen molar-refractivity contribution in [3.05, 3.63) is 46.6 Å². The lowest BCUT2D eigenvalue weighted by Gasteiger charge is -2.17. The van der Waals surface area contributed by atoms with Crippen LogP contribution >= 0.6 is 23.2 Å². The zero-order chi connectivity index (χ0) is 19.6. The lowest BCUT2D eigenvalue weighted by atomic mass is 10.2. The number of aromatic nitrogens is 2. The third-order valence-corrected chi connectivity index (χ3v) is 3.99. The highest BCUT2D eigenvalue weighted by Gasteiger charge is 2.21. The highest BCUT2D eigenvalue weighted by atomic mass is 35.5. The number of hydrogen-bond donors (Lipinski definition) is 2. The Morgan fingerprint density at radius 3 is 2.48 bits per heavy atom. The number of amides is 1. The smallest absolute Gasteiger partial charge is 0.323 e. The van der Waals surface area contributed by atoms with E-state index in [1.165, 1.54) is 12.1 Å². The number of anilines is 1. The maximum absolute atomic E-state index is 11.1. The van der Waals surface area contributed by atoms with Gasteiger partial charge in [-0.2, -0.15) is 0 Å². The van der Waals surface area contributed by atoms with Crippen molar-refractivity contribution in [3.63, 3.8) is 0 Å². The molecular weight excluding hydrogens is 397 g/mol. The molecular formula is C17H11Cl2N3O5. The van der Waals surface area contributed by atoms with Crippen molar-refractivity contribution in [1.29, 1.82) is 0 Å². The Morgan fingerprint density at radius 1 is 1.15 bits per heavy atom. The second kappa shape index (κ2) is 7.65. The fourth-order valence-electron chi connectivity index (χ4n) is 2.30. The Hall–Kier alpha value is -3.10. The minimum absolute atomic E-state index is 0.128. The van der Waals surface area contributed by atoms with Crippen molar-refractivity contribution in [1.82, 2.24) is 9.97 Å². The minimum Gasteiger partial charge on any atom is -0.504 e. The summed E-state index contributed by atoms with van der Waals surface area (Å²) < 4.78 is 5.61. The van der Waals surface area contributed by atoms with Gasteiger partial charge in [0.1, 0.15) is 17.8 Å². The largest absolute Gasteiger partial charge is 0.504 e. The van der Waals surface area contributed by atoms with Crippen LogP contribution in [0.3, 0.4) is 0 Å². The van der Waals surface area contributed by atoms with E-state index < -0.39 is 18.3 Å². The van der Waals surface area contributed by atoms with E-state index in [2.05, 4.69) is 9.97 Å². The Bertz CT molecular complexity index is 1030. The Labute approximate surface area is 162 Å². The molecule has 0 spiro atoms. The Balaban J connectivity index is 2.01. The molecule has 3 rings (SSSR count). The van der Waals surface area contributed by atoms with Crippen molar-refractivity contribution in [3.8, 4) is 17.4 Å². The molecule has 0 unspecified atom stereocenters. The van der Waals surface area contributed by atoms with Crippen LogP contribution in [0.25, 0.3) is 10.9 Å². The molecule has 27 heavy (non-hydrogen) atoms. The number of carboxylic acids is 1. The van der Waals surface area contributed by atoms with E-state index in [1.54, 1.807) is 24.3 Å². The molecule has 0 aliphatic heterocycles. The molecule has 2 N–H and O–H groups in total. The minimum atomic E-state index is -1.27. The monoisotopic (exact) mass is 407 g/mol. The molecule has 1 amide bonds. The van der Waals surface area contributed by atoms with Crippen molar-refractivity contribution in [2.45, 2.75) is 0 Å². The molecule has 0 bridgehead atoms. The van der Waals surface area contributed by atoms with Crippen LogP contribution in [-0.2, 0) is 9.59 Å². The van der Waals surface area contributed by atoms with Gasteiger partial charge >= 0.3 is 5.97 Å². The summed E-state index contributed by atoms with van der Waals surface area (Å²) in [5, 5.41) is 19.9. The Kier molecular flexibility index (Phi) is 5.29. The van der Waals surface area contributed by atoms with Crippen LogP contribution in [0.2, 0.25) is 10.2 Å². The highest BCUT2D eigenvalue weighted by Crippen LogP contribution is 2.37. The van der Waals surface area contributed by atoms with Gasteiger partial charge in [0.15, 0.2) is 16.7 Å². The van der Waals surface area contributed by atoms with Gasteiger partial charge in [-0.15, -0.1) is 0 Å². The average Bonchev–Trinajstić information content (AvgIpc) is 2.64. The topological polar surface area (TPSA) is 113 Å². The Morgan fingerprint density at radius 2 is 1.85 bits per heavy atom. The first-order valence-electron chi connectivity index (χ1n) is 7.45. The summed E-state index contributed by atoms with van der Waals surface area (Å²) in [7, 11) is 0. The molecule has 0 saturated carbocycles. The summed E-state index contributed by atoms with van der Waals surface area (Å²) in [5.41, 5.74) is 0.130. The number of pyridine rings is 2. The van der Waals surface area contributed by atoms with Crippen LogP contribution in [0.4, 0.5) is 5.82 Å². The van der Waals surface area contributed by atoms with Crippen LogP contribution in [0.1, 0.15) is 0 Å². The zero-order valence-electron chi connectivity index (χ0n) is 13.5. The standard InChI is InChI=1S/C17H11Cl2N3O5/c18-9-1-3-10(4-2-9)27-12-6-5-11-14(20-12)16(19)21-17(15(11)26)22(8-23)7-13(24)25/h1-6,8,26H,7H2,(H,24,25). The second-order valence-electron chi connectivity index (χ2n) is 5.30. The van der Waals surface area contributed by atoms with E-state index in [4.69, 9.17) is 33.0 Å². The fourth-order valence-corrected chi connectivity index (χ4v) is 2.65. The SMILES string of the molecule is O=CN(CC(=O)O)c1nc(Cl)c2nc(Oc3ccc(Cl)cc3)ccc2c1O. The molecule has 0 atom stereocenters. The number of aromatic hydroxyl groups is 1. The molecule has 138 valence electrons. The predicted molar refractivity (Wildman–Crippen MR) is 98.8 cm³/mol. The van der Waals surface area contributed by atoms with E-state index in [1.807, 2.05) is 0 Å². The van der Waals surface area contributed by atoms with Gasteiger partial charge in [-0.05, 0) is 30.3 Å². The van der Waals surface area contributed by atoms with Gasteiger partial charge in [-0.1, -0.05) is 23.2 Å². The number of carbonyl (C=O) groups is 2. The molecule has 0 aliphatic carbocycles. The third kappa shape index (κ3) is 4.02. The van der Waals surface area contributed by atoms with Gasteiger partial charge in [0.05, 0.1) is 0 Å². The molecule has 1 aromatic carbocycles. The predicted octanol–water partition coefficient (Wildman–Crippen LogP) is 3.48. The van der Waals surface area contributed by atoms with Crippen molar-refractivity contribution < 1.29 is 24.5 Å². The van der Waals surface area contributed by atoms with Gasteiger partial charge in [0.25, 0.3) is 0 Å². The number of halogens is 2. The van der Waals surface area contributed by atoms with Crippen LogP contribution < -0.4 is 9.64 Å². The number of fused-ring (bicyclic) bond motifs is 1. The number of rotatable bonds is 6. The number of benzene rings is 1. The molecule has 0 aliphatic rings. The summed E-state index contributed by atoms with van der Waals surface area (Å²) in [6.45, 7) is -0.683. The molecule has 0 radical (unpaired) electrons. The van der Waals surface area contributed by atoms with Crippen LogP contribution in [-0.4, -0.2) is 39.1 Å². The van der Waals surface area contributed by atoms with Gasteiger partial charge in [0.2, 0.25) is 12.3 Å². The first kappa shape index (κ1) is 18.7. The van der Waals surface area contributed by atoms with Crippen molar-refractivity contribution >= 4 is 52.3 Å². The number of aliphatic carboxylic acids is 1. The number of carboxylic acid groups (broad SMARTS) is 1. The summed E-state index contributed by atoms with van der Waals surface area (Å²) >= 11 is 11.9. The van der Waals surface area contributed by atoms with Gasteiger partial charge in [-0.25, -0.2) is 9.97 Å². The summed E-state index contributed by atoms with van der Waals surface area (Å²) in [6.07, 6.45) is 0.240. The lowest BCUT2D eigenvalue weighted by Crippen LogP contribution is -2.29. The van der Waals surface area contributed by atoms with Crippen LogP contribution in [0, 0.1) is 0 Å². The second-order valence-corrected chi connectivity index (χ2v) is 6.10. The third-order valence-electron chi connectivity index (χ3n) is 3.48. The molecule has 0 fully saturated rings. The molecule has 2 heterocycles. The van der Waals surface area contributed by atoms with Crippen LogP contribution in [0.5, 0.6) is 17.4 Å². The van der Waals surface area contributed by atoms with E-state index in [-0.39, 0.29) is 34.2 Å². The molecule has 0 saturated heterocycles. The molecule has 3 aromatic rings. The highest BCUT2D eigenvalue weighted by molar-refractivity contribution is 6.34. The summed E-state index contributed by atoms with van der Waals surface area (Å²) in [4.78, 5) is 30.8. The summed E-state index contributed by atoms with van der Waals surface area (Å²) in [6, 6.07) is 9.58. The number of ether oxygens (including phenoxy) is 1. The normalized spacial score (nSPS) is 10.6. The first-order valence-corrected chi connectivity index (χ1v) is 8.21. The zero-order valence-corrected chi connectivity index (χ0v) is 15.0. The maximum atomic E-state index is 11.1. The van der Waals surface area contributed by atoms with E-state index in [9.17, 15) is 14.7 Å². The first-order chi connectivity index (χ1) is 12.9. The average molecular weight is 408 g/mol. The van der Waals surface area contributed by atoms with Crippen molar-refractivity contribution in [2.24, 2.45) is 0 Å².